The molecule has 0 unspecified atom stereocenters. The maximum atomic E-state index is 12.3. The van der Waals surface area contributed by atoms with Gasteiger partial charge in [0.1, 0.15) is 5.03 Å². The molecule has 1 aliphatic heterocycles. The molecule has 0 saturated carbocycles. The largest absolute Gasteiger partial charge is 0.454 e. The predicted octanol–water partition coefficient (Wildman–Crippen LogP) is 2.32. The van der Waals surface area contributed by atoms with Crippen LogP contribution in [-0.2, 0) is 11.3 Å². The molecule has 4 aromatic rings. The summed E-state index contributed by atoms with van der Waals surface area (Å²) < 4.78 is 12.3. The molecule has 5 rings (SSSR count). The number of hydrogen-bond acceptors (Lipinski definition) is 8. The van der Waals surface area contributed by atoms with E-state index in [0.717, 1.165) is 16.9 Å². The van der Waals surface area contributed by atoms with Crippen molar-refractivity contribution in [3.63, 3.8) is 0 Å². The first-order chi connectivity index (χ1) is 14.8. The number of rotatable bonds is 6. The van der Waals surface area contributed by atoms with E-state index in [1.54, 1.807) is 16.9 Å². The van der Waals surface area contributed by atoms with E-state index in [2.05, 4.69) is 25.6 Å². The fourth-order valence-corrected chi connectivity index (χ4v) is 3.65. The number of thioether (sulfide) groups is 1. The quantitative estimate of drug-likeness (QED) is 0.474. The number of ether oxygens (including phenoxy) is 2. The summed E-state index contributed by atoms with van der Waals surface area (Å²) in [6.45, 7) is 0.646. The van der Waals surface area contributed by atoms with Crippen LogP contribution in [0.3, 0.4) is 0 Å². The zero-order valence-electron chi connectivity index (χ0n) is 15.7. The summed E-state index contributed by atoms with van der Waals surface area (Å²) in [7, 11) is 0. The Hall–Kier alpha value is -3.66. The zero-order valence-corrected chi connectivity index (χ0v) is 16.5. The van der Waals surface area contributed by atoms with Crippen molar-refractivity contribution in [1.29, 1.82) is 0 Å². The van der Waals surface area contributed by atoms with E-state index < -0.39 is 0 Å². The number of carbonyl (C=O) groups excluding carboxylic acids is 1. The Balaban J connectivity index is 1.22. The third-order valence-electron chi connectivity index (χ3n) is 4.44. The fraction of sp³-hybridized carbons (Fsp3) is 0.150. The average molecular weight is 420 g/mol. The van der Waals surface area contributed by atoms with E-state index in [-0.39, 0.29) is 18.5 Å². The van der Waals surface area contributed by atoms with Crippen molar-refractivity contribution in [2.24, 2.45) is 0 Å². The Morgan fingerprint density at radius 1 is 1.13 bits per heavy atom. The lowest BCUT2D eigenvalue weighted by molar-refractivity contribution is -0.118. The molecule has 1 aromatic carbocycles. The Labute approximate surface area is 175 Å². The van der Waals surface area contributed by atoms with Crippen LogP contribution in [0.2, 0.25) is 0 Å². The number of aromatic nitrogens is 5. The van der Waals surface area contributed by atoms with Crippen LogP contribution < -0.4 is 14.8 Å². The first-order valence-electron chi connectivity index (χ1n) is 9.17. The molecule has 9 nitrogen and oxygen atoms in total. The van der Waals surface area contributed by atoms with Crippen molar-refractivity contribution < 1.29 is 14.3 Å². The van der Waals surface area contributed by atoms with E-state index in [0.29, 0.717) is 28.8 Å². The minimum Gasteiger partial charge on any atom is -0.454 e. The van der Waals surface area contributed by atoms with E-state index >= 15 is 0 Å². The van der Waals surface area contributed by atoms with Crippen molar-refractivity contribution in [2.45, 2.75) is 11.6 Å². The maximum absolute atomic E-state index is 12.3. The third kappa shape index (κ3) is 3.77. The van der Waals surface area contributed by atoms with Gasteiger partial charge in [0.15, 0.2) is 23.0 Å². The molecule has 1 N–H and O–H groups in total. The van der Waals surface area contributed by atoms with Gasteiger partial charge in [-0.1, -0.05) is 17.8 Å². The highest BCUT2D eigenvalue weighted by Crippen LogP contribution is 2.32. The first kappa shape index (κ1) is 18.4. The highest BCUT2D eigenvalue weighted by Gasteiger charge is 2.14. The molecule has 0 bridgehead atoms. The average Bonchev–Trinajstić information content (AvgIpc) is 3.43. The lowest BCUT2D eigenvalue weighted by atomic mass is 10.2. The summed E-state index contributed by atoms with van der Waals surface area (Å²) in [4.78, 5) is 16.4. The third-order valence-corrected chi connectivity index (χ3v) is 5.36. The van der Waals surface area contributed by atoms with Crippen LogP contribution >= 0.6 is 11.8 Å². The Kier molecular flexibility index (Phi) is 4.89. The van der Waals surface area contributed by atoms with Gasteiger partial charge in [0.25, 0.3) is 0 Å². The molecule has 0 atom stereocenters. The lowest BCUT2D eigenvalue weighted by Crippen LogP contribution is -2.24. The molecular formula is C20H16N6O3S. The number of benzene rings is 1. The van der Waals surface area contributed by atoms with Gasteiger partial charge >= 0.3 is 0 Å². The molecule has 4 heterocycles. The molecule has 0 aliphatic carbocycles. The summed E-state index contributed by atoms with van der Waals surface area (Å²) in [5.74, 6) is 2.19. The van der Waals surface area contributed by atoms with Crippen molar-refractivity contribution >= 4 is 23.3 Å². The summed E-state index contributed by atoms with van der Waals surface area (Å²) in [6, 6.07) is 13.0. The number of hydrogen-bond donors (Lipinski definition) is 1. The Bertz CT molecular complexity index is 1210. The van der Waals surface area contributed by atoms with Crippen LogP contribution in [0, 0.1) is 0 Å². The summed E-state index contributed by atoms with van der Waals surface area (Å²) in [5.41, 5.74) is 2.40. The van der Waals surface area contributed by atoms with Crippen LogP contribution in [0.4, 0.5) is 0 Å². The molecule has 0 radical (unpaired) electrons. The normalized spacial score (nSPS) is 12.3. The Morgan fingerprint density at radius 2 is 2.07 bits per heavy atom. The van der Waals surface area contributed by atoms with Gasteiger partial charge < -0.3 is 14.8 Å². The molecule has 1 aliphatic rings. The Morgan fingerprint density at radius 3 is 2.97 bits per heavy atom. The van der Waals surface area contributed by atoms with E-state index in [1.165, 1.54) is 11.8 Å². The maximum Gasteiger partial charge on any atom is 0.231 e. The number of nitrogens with zero attached hydrogens (tertiary/aromatic N) is 5. The minimum absolute atomic E-state index is 0.0872. The molecule has 30 heavy (non-hydrogen) atoms. The molecular weight excluding hydrogens is 404 g/mol. The second kappa shape index (κ2) is 7.99. The van der Waals surface area contributed by atoms with E-state index in [1.807, 2.05) is 42.5 Å². The van der Waals surface area contributed by atoms with Crippen molar-refractivity contribution in [3.8, 4) is 22.9 Å². The molecule has 10 heteroatoms. The monoisotopic (exact) mass is 420 g/mol. The predicted molar refractivity (Wildman–Crippen MR) is 109 cm³/mol. The highest BCUT2D eigenvalue weighted by molar-refractivity contribution is 7.99. The van der Waals surface area contributed by atoms with Crippen LogP contribution in [0.25, 0.3) is 17.0 Å². The number of nitrogens with one attached hydrogen (secondary N) is 1. The summed E-state index contributed by atoms with van der Waals surface area (Å²) in [5, 5.41) is 16.5. The molecule has 0 fully saturated rings. The minimum atomic E-state index is -0.0872. The van der Waals surface area contributed by atoms with Gasteiger partial charge in [-0.05, 0) is 42.0 Å². The first-order valence-corrected chi connectivity index (χ1v) is 10.2. The van der Waals surface area contributed by atoms with Gasteiger partial charge in [-0.15, -0.1) is 10.2 Å². The summed E-state index contributed by atoms with van der Waals surface area (Å²) >= 11 is 1.35. The standard InChI is InChI=1S/C20H16N6O3S/c27-18(22-9-13-3-4-15-16(8-13)29-12-28-15)11-30-19-6-5-17-23-24-20(26(17)25-19)14-2-1-7-21-10-14/h1-8,10H,9,11-12H2,(H,22,27). The lowest BCUT2D eigenvalue weighted by Gasteiger charge is -2.06. The number of pyridine rings is 1. The molecule has 0 spiro atoms. The molecule has 0 saturated heterocycles. The number of carbonyl (C=O) groups is 1. The van der Waals surface area contributed by atoms with Gasteiger partial charge in [-0.2, -0.15) is 9.61 Å². The highest BCUT2D eigenvalue weighted by atomic mass is 32.2. The van der Waals surface area contributed by atoms with Gasteiger partial charge in [0, 0.05) is 24.5 Å². The topological polar surface area (TPSA) is 104 Å². The molecule has 3 aromatic heterocycles. The smallest absolute Gasteiger partial charge is 0.231 e. The van der Waals surface area contributed by atoms with Crippen LogP contribution in [0.1, 0.15) is 5.56 Å². The van der Waals surface area contributed by atoms with E-state index in [4.69, 9.17) is 9.47 Å². The second-order valence-corrected chi connectivity index (χ2v) is 7.46. The van der Waals surface area contributed by atoms with Crippen molar-refractivity contribution in [2.75, 3.05) is 12.5 Å². The molecule has 150 valence electrons. The van der Waals surface area contributed by atoms with E-state index in [9.17, 15) is 4.79 Å². The van der Waals surface area contributed by atoms with Gasteiger partial charge in [-0.25, -0.2) is 0 Å². The molecule has 1 amide bonds. The van der Waals surface area contributed by atoms with Crippen molar-refractivity contribution in [1.82, 2.24) is 30.1 Å². The fourth-order valence-electron chi connectivity index (χ4n) is 2.97. The summed E-state index contributed by atoms with van der Waals surface area (Å²) in [6.07, 6.45) is 3.41. The number of amides is 1. The second-order valence-electron chi connectivity index (χ2n) is 6.46. The van der Waals surface area contributed by atoms with Crippen LogP contribution in [0.5, 0.6) is 11.5 Å². The number of fused-ring (bicyclic) bond motifs is 2. The van der Waals surface area contributed by atoms with Gasteiger partial charge in [-0.3, -0.25) is 9.78 Å². The van der Waals surface area contributed by atoms with Gasteiger partial charge in [0.05, 0.1) is 5.75 Å². The SMILES string of the molecule is O=C(CSc1ccc2nnc(-c3cccnc3)n2n1)NCc1ccc2c(c1)OCO2. The van der Waals surface area contributed by atoms with Crippen LogP contribution in [-0.4, -0.2) is 43.2 Å². The van der Waals surface area contributed by atoms with Crippen molar-refractivity contribution in [3.05, 3.63) is 60.4 Å². The zero-order chi connectivity index (χ0) is 20.3. The van der Waals surface area contributed by atoms with Crippen LogP contribution in [0.15, 0.2) is 59.9 Å². The van der Waals surface area contributed by atoms with Gasteiger partial charge in [0.2, 0.25) is 12.7 Å².